The summed E-state index contributed by atoms with van der Waals surface area (Å²) in [6.07, 6.45) is 0. The van der Waals surface area contributed by atoms with Gasteiger partial charge in [0.1, 0.15) is 5.54 Å². The van der Waals surface area contributed by atoms with Crippen molar-refractivity contribution in [2.24, 2.45) is 0 Å². The molecule has 0 aliphatic rings. The molecule has 1 aromatic carbocycles. The summed E-state index contributed by atoms with van der Waals surface area (Å²) < 4.78 is 0. The number of carboxylic acid groups (broad SMARTS) is 1. The fraction of sp³-hybridized carbons (Fsp3) is 0.333. The van der Waals surface area contributed by atoms with Crippen LogP contribution in [0.15, 0.2) is 18.2 Å². The van der Waals surface area contributed by atoms with Gasteiger partial charge >= 0.3 is 5.97 Å². The Bertz CT molecular complexity index is 495. The Labute approximate surface area is 104 Å². The molecule has 3 N–H and O–H groups in total. The molecule has 6 heteroatoms. The lowest BCUT2D eigenvalue weighted by Crippen LogP contribution is -2.50. The van der Waals surface area contributed by atoms with E-state index in [0.717, 1.165) is 4.90 Å². The number of para-hydroxylation sites is 1. The largest absolute Gasteiger partial charge is 0.504 e. The maximum absolute atomic E-state index is 12.1. The SMILES string of the molecule is CN(C(=O)c1cccc(O)c1O)C(C)(C)C(=O)O. The Balaban J connectivity index is 3.16. The number of hydrogen-bond acceptors (Lipinski definition) is 4. The van der Waals surface area contributed by atoms with E-state index in [1.807, 2.05) is 0 Å². The van der Waals surface area contributed by atoms with Crippen molar-refractivity contribution < 1.29 is 24.9 Å². The highest BCUT2D eigenvalue weighted by Gasteiger charge is 2.36. The average Bonchev–Trinajstić information content (AvgIpc) is 2.30. The first-order valence-electron chi connectivity index (χ1n) is 5.22. The molecular formula is C12H15NO5. The van der Waals surface area contributed by atoms with Crippen molar-refractivity contribution in [1.82, 2.24) is 4.90 Å². The Hall–Kier alpha value is -2.24. The lowest BCUT2D eigenvalue weighted by molar-refractivity contribution is -0.147. The summed E-state index contributed by atoms with van der Waals surface area (Å²) in [5.74, 6) is -2.84. The fourth-order valence-corrected chi connectivity index (χ4v) is 1.28. The maximum atomic E-state index is 12.1. The third-order valence-electron chi connectivity index (χ3n) is 2.91. The van der Waals surface area contributed by atoms with Gasteiger partial charge in [0, 0.05) is 7.05 Å². The highest BCUT2D eigenvalue weighted by Crippen LogP contribution is 2.30. The van der Waals surface area contributed by atoms with Crippen molar-refractivity contribution in [2.75, 3.05) is 7.05 Å². The maximum Gasteiger partial charge on any atom is 0.329 e. The molecule has 1 rings (SSSR count). The van der Waals surface area contributed by atoms with Gasteiger partial charge in [0.25, 0.3) is 5.91 Å². The normalized spacial score (nSPS) is 11.1. The molecule has 0 fully saturated rings. The van der Waals surface area contributed by atoms with Crippen LogP contribution in [0.1, 0.15) is 24.2 Å². The first-order valence-corrected chi connectivity index (χ1v) is 5.22. The van der Waals surface area contributed by atoms with Gasteiger partial charge in [0.05, 0.1) is 5.56 Å². The lowest BCUT2D eigenvalue weighted by Gasteiger charge is -2.31. The minimum Gasteiger partial charge on any atom is -0.504 e. The quantitative estimate of drug-likeness (QED) is 0.699. The molecule has 0 spiro atoms. The number of likely N-dealkylation sites (N-methyl/N-ethyl adjacent to an activating group) is 1. The Morgan fingerprint density at radius 3 is 2.28 bits per heavy atom. The molecule has 0 aliphatic carbocycles. The van der Waals surface area contributed by atoms with Crippen LogP contribution >= 0.6 is 0 Å². The van der Waals surface area contributed by atoms with E-state index in [1.165, 1.54) is 39.1 Å². The molecular weight excluding hydrogens is 238 g/mol. The molecule has 0 aromatic heterocycles. The van der Waals surface area contributed by atoms with Gasteiger partial charge in [-0.2, -0.15) is 0 Å². The van der Waals surface area contributed by atoms with E-state index in [4.69, 9.17) is 5.11 Å². The number of amides is 1. The topological polar surface area (TPSA) is 98.1 Å². The zero-order valence-corrected chi connectivity index (χ0v) is 10.3. The summed E-state index contributed by atoms with van der Waals surface area (Å²) in [6.45, 7) is 2.74. The van der Waals surface area contributed by atoms with Gasteiger partial charge in [-0.15, -0.1) is 0 Å². The van der Waals surface area contributed by atoms with Crippen LogP contribution in [-0.4, -0.2) is 44.7 Å². The van der Waals surface area contributed by atoms with Crippen molar-refractivity contribution in [1.29, 1.82) is 0 Å². The van der Waals surface area contributed by atoms with Crippen molar-refractivity contribution in [3.05, 3.63) is 23.8 Å². The van der Waals surface area contributed by atoms with E-state index < -0.39 is 28.9 Å². The molecule has 0 radical (unpaired) electrons. The molecule has 1 amide bonds. The zero-order valence-electron chi connectivity index (χ0n) is 10.3. The number of benzene rings is 1. The van der Waals surface area contributed by atoms with Gasteiger partial charge < -0.3 is 20.2 Å². The second-order valence-electron chi connectivity index (χ2n) is 4.40. The van der Waals surface area contributed by atoms with E-state index in [9.17, 15) is 19.8 Å². The molecule has 0 aliphatic heterocycles. The number of aromatic hydroxyl groups is 2. The van der Waals surface area contributed by atoms with E-state index in [2.05, 4.69) is 0 Å². The van der Waals surface area contributed by atoms with Gasteiger partial charge in [-0.1, -0.05) is 6.07 Å². The van der Waals surface area contributed by atoms with E-state index in [1.54, 1.807) is 0 Å². The van der Waals surface area contributed by atoms with Crippen molar-refractivity contribution in [2.45, 2.75) is 19.4 Å². The second kappa shape index (κ2) is 4.56. The molecule has 0 atom stereocenters. The van der Waals surface area contributed by atoms with Crippen LogP contribution in [0, 0.1) is 0 Å². The summed E-state index contributed by atoms with van der Waals surface area (Å²) >= 11 is 0. The smallest absolute Gasteiger partial charge is 0.329 e. The minimum absolute atomic E-state index is 0.146. The summed E-state index contributed by atoms with van der Waals surface area (Å²) in [5, 5.41) is 27.9. The second-order valence-corrected chi connectivity index (χ2v) is 4.40. The fourth-order valence-electron chi connectivity index (χ4n) is 1.28. The number of carbonyl (C=O) groups is 2. The highest BCUT2D eigenvalue weighted by molar-refractivity contribution is 6.00. The van der Waals surface area contributed by atoms with Gasteiger partial charge in [0.15, 0.2) is 11.5 Å². The van der Waals surface area contributed by atoms with E-state index in [0.29, 0.717) is 0 Å². The van der Waals surface area contributed by atoms with Crippen LogP contribution in [-0.2, 0) is 4.79 Å². The zero-order chi connectivity index (χ0) is 14.1. The Morgan fingerprint density at radius 1 is 1.22 bits per heavy atom. The van der Waals surface area contributed by atoms with Crippen LogP contribution in [0.25, 0.3) is 0 Å². The van der Waals surface area contributed by atoms with Gasteiger partial charge in [-0.25, -0.2) is 4.79 Å². The van der Waals surface area contributed by atoms with Crippen molar-refractivity contribution in [3.8, 4) is 11.5 Å². The van der Waals surface area contributed by atoms with Crippen molar-refractivity contribution in [3.63, 3.8) is 0 Å². The molecule has 1 aromatic rings. The predicted octanol–water partition coefficient (Wildman–Crippen LogP) is 1.03. The molecule has 0 saturated carbocycles. The van der Waals surface area contributed by atoms with E-state index >= 15 is 0 Å². The van der Waals surface area contributed by atoms with Crippen LogP contribution < -0.4 is 0 Å². The number of nitrogens with zero attached hydrogens (tertiary/aromatic N) is 1. The molecule has 18 heavy (non-hydrogen) atoms. The lowest BCUT2D eigenvalue weighted by atomic mass is 10.0. The third-order valence-corrected chi connectivity index (χ3v) is 2.91. The number of phenols is 2. The predicted molar refractivity (Wildman–Crippen MR) is 63.6 cm³/mol. The number of carbonyl (C=O) groups excluding carboxylic acids is 1. The Morgan fingerprint density at radius 2 is 1.78 bits per heavy atom. The molecule has 0 saturated heterocycles. The van der Waals surface area contributed by atoms with Crippen LogP contribution in [0.2, 0.25) is 0 Å². The average molecular weight is 253 g/mol. The first kappa shape index (κ1) is 13.8. The van der Waals surface area contributed by atoms with Gasteiger partial charge in [0.2, 0.25) is 0 Å². The highest BCUT2D eigenvalue weighted by atomic mass is 16.4. The summed E-state index contributed by atoms with van der Waals surface area (Å²) in [4.78, 5) is 24.1. The van der Waals surface area contributed by atoms with Crippen LogP contribution in [0.3, 0.4) is 0 Å². The van der Waals surface area contributed by atoms with Crippen LogP contribution in [0.4, 0.5) is 0 Å². The van der Waals surface area contributed by atoms with Gasteiger partial charge in [-0.05, 0) is 26.0 Å². The van der Waals surface area contributed by atoms with Gasteiger partial charge in [-0.3, -0.25) is 4.79 Å². The molecule has 0 bridgehead atoms. The van der Waals surface area contributed by atoms with E-state index in [-0.39, 0.29) is 5.56 Å². The molecule has 98 valence electrons. The third kappa shape index (κ3) is 2.22. The number of hydrogen-bond donors (Lipinski definition) is 3. The number of aliphatic carboxylic acids is 1. The monoisotopic (exact) mass is 253 g/mol. The first-order chi connectivity index (χ1) is 8.19. The number of rotatable bonds is 3. The summed E-state index contributed by atoms with van der Waals surface area (Å²) in [7, 11) is 1.32. The number of phenolic OH excluding ortho intramolecular Hbond substituents is 2. The number of carboxylic acids is 1. The molecule has 6 nitrogen and oxygen atoms in total. The Kier molecular flexibility index (Phi) is 3.50. The summed E-state index contributed by atoms with van der Waals surface area (Å²) in [6, 6.07) is 3.93. The van der Waals surface area contributed by atoms with Crippen LogP contribution in [0.5, 0.6) is 11.5 Å². The minimum atomic E-state index is -1.42. The summed E-state index contributed by atoms with van der Waals surface area (Å²) in [5.41, 5.74) is -1.57. The standard InChI is InChI=1S/C12H15NO5/c1-12(2,11(17)18)13(3)10(16)7-5-4-6-8(14)9(7)15/h4-6,14-15H,1-3H3,(H,17,18). The molecule has 0 unspecified atom stereocenters. The molecule has 0 heterocycles. The van der Waals surface area contributed by atoms with Crippen molar-refractivity contribution >= 4 is 11.9 Å².